The summed E-state index contributed by atoms with van der Waals surface area (Å²) < 4.78 is 37.2. The van der Waals surface area contributed by atoms with E-state index in [4.69, 9.17) is 11.6 Å². The predicted octanol–water partition coefficient (Wildman–Crippen LogP) is 5.68. The Hall–Kier alpha value is -1.78. The van der Waals surface area contributed by atoms with Gasteiger partial charge in [-0.15, -0.1) is 12.4 Å². The van der Waals surface area contributed by atoms with Crippen molar-refractivity contribution in [3.63, 3.8) is 0 Å². The van der Waals surface area contributed by atoms with Crippen molar-refractivity contribution in [1.29, 1.82) is 0 Å². The van der Waals surface area contributed by atoms with Gasteiger partial charge in [-0.05, 0) is 48.0 Å². The minimum Gasteiger partial charge on any atom is -0.289 e. The molecule has 0 unspecified atom stereocenters. The van der Waals surface area contributed by atoms with Gasteiger partial charge in [-0.3, -0.25) is 4.79 Å². The number of carbonyl (C=O) groups excluding carboxylic acids is 1. The van der Waals surface area contributed by atoms with Crippen LogP contribution in [0.2, 0.25) is 5.02 Å². The van der Waals surface area contributed by atoms with Crippen LogP contribution >= 0.6 is 24.0 Å². The molecule has 0 aliphatic carbocycles. The van der Waals surface area contributed by atoms with E-state index in [0.29, 0.717) is 16.1 Å². The molecule has 22 heavy (non-hydrogen) atoms. The van der Waals surface area contributed by atoms with Crippen LogP contribution in [0.1, 0.15) is 21.5 Å². The number of ketones is 1. The van der Waals surface area contributed by atoms with Crippen molar-refractivity contribution >= 4 is 35.9 Å². The number of carbonyl (C=O) groups is 1. The van der Waals surface area contributed by atoms with Gasteiger partial charge in [0.2, 0.25) is 0 Å². The fourth-order valence-corrected chi connectivity index (χ4v) is 1.79. The zero-order valence-corrected chi connectivity index (χ0v) is 12.7. The molecule has 0 saturated carbocycles. The molecule has 0 spiro atoms. The molecule has 0 atom stereocenters. The topological polar surface area (TPSA) is 17.1 Å². The SMILES string of the molecule is Cl.O=C(/C=C/c1ccc(C(F)(F)F)cc1)c1ccc(Cl)cc1. The molecule has 0 aliphatic heterocycles. The van der Waals surface area contributed by atoms with Gasteiger partial charge in [0, 0.05) is 10.6 Å². The molecule has 2 aromatic rings. The summed E-state index contributed by atoms with van der Waals surface area (Å²) in [5.41, 5.74) is 0.261. The Kier molecular flexibility index (Phi) is 6.21. The number of rotatable bonds is 3. The van der Waals surface area contributed by atoms with Crippen molar-refractivity contribution < 1.29 is 18.0 Å². The van der Waals surface area contributed by atoms with E-state index in [1.165, 1.54) is 24.3 Å². The summed E-state index contributed by atoms with van der Waals surface area (Å²) in [6, 6.07) is 11.0. The van der Waals surface area contributed by atoms with E-state index < -0.39 is 11.7 Å². The van der Waals surface area contributed by atoms with Crippen LogP contribution in [-0.2, 0) is 6.18 Å². The largest absolute Gasteiger partial charge is 0.416 e. The maximum atomic E-state index is 12.4. The monoisotopic (exact) mass is 346 g/mol. The molecular weight excluding hydrogens is 336 g/mol. The molecular formula is C16H11Cl2F3O. The van der Waals surface area contributed by atoms with Crippen LogP contribution in [0.25, 0.3) is 6.08 Å². The molecule has 0 aromatic heterocycles. The van der Waals surface area contributed by atoms with Crippen molar-refractivity contribution in [3.05, 3.63) is 76.3 Å². The fraction of sp³-hybridized carbons (Fsp3) is 0.0625. The zero-order valence-electron chi connectivity index (χ0n) is 11.1. The smallest absolute Gasteiger partial charge is 0.289 e. The Balaban J connectivity index is 0.00000242. The molecule has 0 fully saturated rings. The van der Waals surface area contributed by atoms with E-state index in [-0.39, 0.29) is 18.2 Å². The van der Waals surface area contributed by atoms with Crippen LogP contribution in [-0.4, -0.2) is 5.78 Å². The van der Waals surface area contributed by atoms with Crippen LogP contribution in [0.15, 0.2) is 54.6 Å². The minimum absolute atomic E-state index is 0. The number of allylic oxidation sites excluding steroid dienone is 1. The third-order valence-electron chi connectivity index (χ3n) is 2.79. The molecule has 0 heterocycles. The first-order valence-electron chi connectivity index (χ1n) is 6.01. The molecule has 1 nitrogen and oxygen atoms in total. The van der Waals surface area contributed by atoms with Crippen LogP contribution in [0, 0.1) is 0 Å². The van der Waals surface area contributed by atoms with Gasteiger partial charge in [-0.2, -0.15) is 13.2 Å². The Morgan fingerprint density at radius 1 is 0.955 bits per heavy atom. The lowest BCUT2D eigenvalue weighted by atomic mass is 10.1. The molecule has 0 amide bonds. The fourth-order valence-electron chi connectivity index (χ4n) is 1.67. The third-order valence-corrected chi connectivity index (χ3v) is 3.05. The Labute approximate surface area is 136 Å². The maximum absolute atomic E-state index is 12.4. The van der Waals surface area contributed by atoms with Gasteiger partial charge in [0.15, 0.2) is 5.78 Å². The first-order chi connectivity index (χ1) is 9.86. The lowest BCUT2D eigenvalue weighted by Gasteiger charge is -2.05. The summed E-state index contributed by atoms with van der Waals surface area (Å²) in [6.45, 7) is 0. The molecule has 0 bridgehead atoms. The second kappa shape index (κ2) is 7.47. The molecule has 0 radical (unpaired) electrons. The average Bonchev–Trinajstić information content (AvgIpc) is 2.45. The van der Waals surface area contributed by atoms with Crippen LogP contribution < -0.4 is 0 Å². The Bertz CT molecular complexity index is 659. The van der Waals surface area contributed by atoms with Crippen LogP contribution in [0.3, 0.4) is 0 Å². The number of hydrogen-bond acceptors (Lipinski definition) is 1. The summed E-state index contributed by atoms with van der Waals surface area (Å²) in [7, 11) is 0. The molecule has 2 rings (SSSR count). The second-order valence-corrected chi connectivity index (χ2v) is 4.76. The molecule has 0 aliphatic rings. The van der Waals surface area contributed by atoms with Crippen molar-refractivity contribution in [1.82, 2.24) is 0 Å². The van der Waals surface area contributed by atoms with Gasteiger partial charge in [0.05, 0.1) is 5.56 Å². The highest BCUT2D eigenvalue weighted by Gasteiger charge is 2.29. The molecule has 116 valence electrons. The standard InChI is InChI=1S/C16H10ClF3O.ClH/c17-14-8-4-12(5-9-14)15(21)10-3-11-1-6-13(7-2-11)16(18,19)20;/h1-10H;1H/b10-3+;. The van der Waals surface area contributed by atoms with E-state index >= 15 is 0 Å². The molecule has 0 saturated heterocycles. The molecule has 2 aromatic carbocycles. The zero-order chi connectivity index (χ0) is 15.5. The summed E-state index contributed by atoms with van der Waals surface area (Å²) in [4.78, 5) is 11.8. The van der Waals surface area contributed by atoms with Crippen LogP contribution in [0.5, 0.6) is 0 Å². The highest BCUT2D eigenvalue weighted by molar-refractivity contribution is 6.30. The van der Waals surface area contributed by atoms with E-state index in [0.717, 1.165) is 12.1 Å². The average molecular weight is 347 g/mol. The number of halogens is 5. The first kappa shape index (κ1) is 18.3. The van der Waals surface area contributed by atoms with Gasteiger partial charge in [0.25, 0.3) is 0 Å². The highest BCUT2D eigenvalue weighted by atomic mass is 35.5. The summed E-state index contributed by atoms with van der Waals surface area (Å²) in [5, 5.41) is 0.526. The van der Waals surface area contributed by atoms with Crippen LogP contribution in [0.4, 0.5) is 13.2 Å². The van der Waals surface area contributed by atoms with Gasteiger partial charge >= 0.3 is 6.18 Å². The van der Waals surface area contributed by atoms with E-state index in [1.54, 1.807) is 24.3 Å². The summed E-state index contributed by atoms with van der Waals surface area (Å²) in [6.07, 6.45) is -1.58. The lowest BCUT2D eigenvalue weighted by Crippen LogP contribution is -2.04. The van der Waals surface area contributed by atoms with Gasteiger partial charge < -0.3 is 0 Å². The van der Waals surface area contributed by atoms with Gasteiger partial charge in [-0.1, -0.05) is 29.8 Å². The minimum atomic E-state index is -4.36. The Morgan fingerprint density at radius 3 is 2.00 bits per heavy atom. The van der Waals surface area contributed by atoms with Gasteiger partial charge in [-0.25, -0.2) is 0 Å². The summed E-state index contributed by atoms with van der Waals surface area (Å²) in [5.74, 6) is -0.244. The normalized spacial score (nSPS) is 11.3. The number of hydrogen-bond donors (Lipinski definition) is 0. The Morgan fingerprint density at radius 2 is 1.50 bits per heavy atom. The molecule has 0 N–H and O–H groups in total. The van der Waals surface area contributed by atoms with Crippen molar-refractivity contribution in [3.8, 4) is 0 Å². The van der Waals surface area contributed by atoms with E-state index in [1.807, 2.05) is 0 Å². The first-order valence-corrected chi connectivity index (χ1v) is 6.39. The predicted molar refractivity (Wildman–Crippen MR) is 83.5 cm³/mol. The third kappa shape index (κ3) is 4.90. The van der Waals surface area contributed by atoms with E-state index in [2.05, 4.69) is 0 Å². The van der Waals surface area contributed by atoms with Gasteiger partial charge in [0.1, 0.15) is 0 Å². The number of benzene rings is 2. The lowest BCUT2D eigenvalue weighted by molar-refractivity contribution is -0.137. The highest BCUT2D eigenvalue weighted by Crippen LogP contribution is 2.29. The second-order valence-electron chi connectivity index (χ2n) is 4.32. The van der Waals surface area contributed by atoms with Crippen molar-refractivity contribution in [2.24, 2.45) is 0 Å². The molecule has 6 heteroatoms. The van der Waals surface area contributed by atoms with Crippen molar-refractivity contribution in [2.75, 3.05) is 0 Å². The maximum Gasteiger partial charge on any atom is 0.416 e. The van der Waals surface area contributed by atoms with E-state index in [9.17, 15) is 18.0 Å². The quantitative estimate of drug-likeness (QED) is 0.516. The number of alkyl halides is 3. The summed E-state index contributed by atoms with van der Waals surface area (Å²) >= 11 is 5.72. The van der Waals surface area contributed by atoms with Crippen molar-refractivity contribution in [2.45, 2.75) is 6.18 Å².